The van der Waals surface area contributed by atoms with Gasteiger partial charge < -0.3 is 0 Å². The highest BCUT2D eigenvalue weighted by Gasteiger charge is 2.19. The highest BCUT2D eigenvalue weighted by atomic mass is 32.2. The molecular formula is C19H17NO2S. The third kappa shape index (κ3) is 2.59. The third-order valence-electron chi connectivity index (χ3n) is 4.41. The quantitative estimate of drug-likeness (QED) is 0.788. The summed E-state index contributed by atoms with van der Waals surface area (Å²) in [6.07, 6.45) is 3.12. The molecule has 0 unspecified atom stereocenters. The van der Waals surface area contributed by atoms with Crippen LogP contribution >= 0.6 is 0 Å². The lowest BCUT2D eigenvalue weighted by Gasteiger charge is -2.12. The van der Waals surface area contributed by atoms with E-state index in [0.29, 0.717) is 10.6 Å². The molecule has 3 aromatic carbocycles. The van der Waals surface area contributed by atoms with E-state index >= 15 is 0 Å². The summed E-state index contributed by atoms with van der Waals surface area (Å²) in [6.45, 7) is 0. The number of benzene rings is 3. The maximum Gasteiger partial charge on any atom is 0.261 e. The number of sulfonamides is 1. The van der Waals surface area contributed by atoms with E-state index < -0.39 is 10.0 Å². The van der Waals surface area contributed by atoms with Gasteiger partial charge in [0.15, 0.2) is 0 Å². The molecule has 0 bridgehead atoms. The molecule has 0 saturated heterocycles. The molecule has 3 aromatic rings. The minimum absolute atomic E-state index is 0.339. The smallest absolute Gasteiger partial charge is 0.261 e. The van der Waals surface area contributed by atoms with Crippen LogP contribution in [0.25, 0.3) is 10.8 Å². The molecule has 23 heavy (non-hydrogen) atoms. The molecule has 116 valence electrons. The Labute approximate surface area is 136 Å². The van der Waals surface area contributed by atoms with Crippen LogP contribution in [0, 0.1) is 0 Å². The minimum atomic E-state index is -3.58. The SMILES string of the molecule is O=S(=O)(Nc1cccc2ccccc12)c1ccc2c(c1)CCC2. The number of nitrogens with one attached hydrogen (secondary N) is 1. The molecule has 0 saturated carbocycles. The highest BCUT2D eigenvalue weighted by Crippen LogP contribution is 2.28. The van der Waals surface area contributed by atoms with Gasteiger partial charge in [0.2, 0.25) is 0 Å². The second-order valence-corrected chi connectivity index (χ2v) is 7.60. The Bertz CT molecular complexity index is 988. The van der Waals surface area contributed by atoms with Crippen LogP contribution in [0.1, 0.15) is 17.5 Å². The third-order valence-corrected chi connectivity index (χ3v) is 5.78. The molecular weight excluding hydrogens is 306 g/mol. The normalized spacial score (nSPS) is 13.9. The van der Waals surface area contributed by atoms with Crippen molar-refractivity contribution in [3.63, 3.8) is 0 Å². The van der Waals surface area contributed by atoms with Gasteiger partial charge in [-0.2, -0.15) is 0 Å². The van der Waals surface area contributed by atoms with Crippen LogP contribution in [0.5, 0.6) is 0 Å². The number of hydrogen-bond donors (Lipinski definition) is 1. The van der Waals surface area contributed by atoms with Crippen molar-refractivity contribution >= 4 is 26.5 Å². The summed E-state index contributed by atoms with van der Waals surface area (Å²) < 4.78 is 28.2. The molecule has 1 N–H and O–H groups in total. The summed E-state index contributed by atoms with van der Waals surface area (Å²) in [5.41, 5.74) is 3.04. The first-order valence-corrected chi connectivity index (χ1v) is 9.24. The van der Waals surface area contributed by atoms with E-state index in [0.717, 1.165) is 35.6 Å². The van der Waals surface area contributed by atoms with Crippen LogP contribution in [-0.2, 0) is 22.9 Å². The van der Waals surface area contributed by atoms with Crippen molar-refractivity contribution in [2.24, 2.45) is 0 Å². The predicted molar refractivity (Wildman–Crippen MR) is 93.2 cm³/mol. The maximum atomic E-state index is 12.7. The molecule has 0 aliphatic heterocycles. The average Bonchev–Trinajstić information content (AvgIpc) is 3.02. The van der Waals surface area contributed by atoms with Crippen molar-refractivity contribution in [3.8, 4) is 0 Å². The molecule has 0 aromatic heterocycles. The van der Waals surface area contributed by atoms with E-state index in [4.69, 9.17) is 0 Å². The van der Waals surface area contributed by atoms with Gasteiger partial charge in [-0.05, 0) is 54.0 Å². The fraction of sp³-hybridized carbons (Fsp3) is 0.158. The van der Waals surface area contributed by atoms with Crippen LogP contribution in [0.2, 0.25) is 0 Å². The highest BCUT2D eigenvalue weighted by molar-refractivity contribution is 7.92. The van der Waals surface area contributed by atoms with E-state index in [-0.39, 0.29) is 0 Å². The fourth-order valence-corrected chi connectivity index (χ4v) is 4.36. The van der Waals surface area contributed by atoms with Crippen LogP contribution in [0.4, 0.5) is 5.69 Å². The first-order valence-electron chi connectivity index (χ1n) is 7.76. The largest absolute Gasteiger partial charge is 0.279 e. The minimum Gasteiger partial charge on any atom is -0.279 e. The fourth-order valence-electron chi connectivity index (χ4n) is 3.23. The second kappa shape index (κ2) is 5.39. The van der Waals surface area contributed by atoms with Crippen LogP contribution in [-0.4, -0.2) is 8.42 Å². The van der Waals surface area contributed by atoms with Crippen molar-refractivity contribution in [1.82, 2.24) is 0 Å². The summed E-state index contributed by atoms with van der Waals surface area (Å²) in [6, 6.07) is 18.9. The molecule has 1 aliphatic rings. The molecule has 0 amide bonds. The number of fused-ring (bicyclic) bond motifs is 2. The van der Waals surface area contributed by atoms with Crippen molar-refractivity contribution < 1.29 is 8.42 Å². The molecule has 0 fully saturated rings. The van der Waals surface area contributed by atoms with Crippen molar-refractivity contribution in [1.29, 1.82) is 0 Å². The van der Waals surface area contributed by atoms with E-state index in [9.17, 15) is 8.42 Å². The summed E-state index contributed by atoms with van der Waals surface area (Å²) >= 11 is 0. The maximum absolute atomic E-state index is 12.7. The second-order valence-electron chi connectivity index (χ2n) is 5.92. The van der Waals surface area contributed by atoms with E-state index in [1.165, 1.54) is 5.56 Å². The molecule has 0 atom stereocenters. The number of rotatable bonds is 3. The lowest BCUT2D eigenvalue weighted by atomic mass is 10.1. The molecule has 1 aliphatic carbocycles. The number of hydrogen-bond acceptors (Lipinski definition) is 2. The Morgan fingerprint density at radius 3 is 2.52 bits per heavy atom. The standard InChI is InChI=1S/C19H17NO2S/c21-23(22,17-12-11-14-6-3-8-16(14)13-17)20-19-10-4-7-15-5-1-2-9-18(15)19/h1-2,4-5,7,9-13,20H,3,6,8H2. The zero-order valence-corrected chi connectivity index (χ0v) is 13.4. The first kappa shape index (κ1) is 14.3. The van der Waals surface area contributed by atoms with Gasteiger partial charge in [-0.15, -0.1) is 0 Å². The molecule has 4 rings (SSSR count). The van der Waals surface area contributed by atoms with Gasteiger partial charge in [-0.25, -0.2) is 8.42 Å². The Kier molecular flexibility index (Phi) is 3.34. The topological polar surface area (TPSA) is 46.2 Å². The molecule has 0 heterocycles. The number of aryl methyl sites for hydroxylation is 2. The van der Waals surface area contributed by atoms with Gasteiger partial charge in [0.25, 0.3) is 10.0 Å². The average molecular weight is 323 g/mol. The Hall–Kier alpha value is -2.33. The van der Waals surface area contributed by atoms with E-state index in [1.807, 2.05) is 48.5 Å². The Morgan fingerprint density at radius 2 is 1.61 bits per heavy atom. The van der Waals surface area contributed by atoms with Gasteiger partial charge in [0, 0.05) is 5.39 Å². The van der Waals surface area contributed by atoms with Crippen LogP contribution in [0.15, 0.2) is 65.6 Å². The monoisotopic (exact) mass is 323 g/mol. The molecule has 0 spiro atoms. The summed E-state index contributed by atoms with van der Waals surface area (Å²) in [5, 5.41) is 1.92. The summed E-state index contributed by atoms with van der Waals surface area (Å²) in [7, 11) is -3.58. The zero-order valence-electron chi connectivity index (χ0n) is 12.6. The molecule has 4 heteroatoms. The van der Waals surface area contributed by atoms with Crippen molar-refractivity contribution in [2.45, 2.75) is 24.2 Å². The lowest BCUT2D eigenvalue weighted by molar-refractivity contribution is 0.601. The first-order chi connectivity index (χ1) is 11.1. The van der Waals surface area contributed by atoms with E-state index in [2.05, 4.69) is 4.72 Å². The van der Waals surface area contributed by atoms with Gasteiger partial charge in [-0.3, -0.25) is 4.72 Å². The van der Waals surface area contributed by atoms with Crippen LogP contribution in [0.3, 0.4) is 0 Å². The van der Waals surface area contributed by atoms with Gasteiger partial charge in [0.1, 0.15) is 0 Å². The van der Waals surface area contributed by atoms with E-state index in [1.54, 1.807) is 12.1 Å². The van der Waals surface area contributed by atoms with Gasteiger partial charge in [-0.1, -0.05) is 42.5 Å². The summed E-state index contributed by atoms with van der Waals surface area (Å²) in [5.74, 6) is 0. The predicted octanol–water partition coefficient (Wildman–Crippen LogP) is 4.13. The zero-order chi connectivity index (χ0) is 15.9. The van der Waals surface area contributed by atoms with Crippen LogP contribution < -0.4 is 4.72 Å². The molecule has 0 radical (unpaired) electrons. The Balaban J connectivity index is 1.74. The lowest BCUT2D eigenvalue weighted by Crippen LogP contribution is -2.13. The van der Waals surface area contributed by atoms with Crippen molar-refractivity contribution in [3.05, 3.63) is 71.8 Å². The van der Waals surface area contributed by atoms with Gasteiger partial charge in [0.05, 0.1) is 10.6 Å². The Morgan fingerprint density at radius 1 is 0.826 bits per heavy atom. The number of anilines is 1. The van der Waals surface area contributed by atoms with Gasteiger partial charge >= 0.3 is 0 Å². The molecule has 3 nitrogen and oxygen atoms in total. The van der Waals surface area contributed by atoms with Crippen molar-refractivity contribution in [2.75, 3.05) is 4.72 Å². The summed E-state index contributed by atoms with van der Waals surface area (Å²) in [4.78, 5) is 0.339.